The van der Waals surface area contributed by atoms with Crippen molar-refractivity contribution in [1.29, 1.82) is 0 Å². The van der Waals surface area contributed by atoms with Crippen molar-refractivity contribution in [2.24, 2.45) is 0 Å². The Labute approximate surface area is 213 Å². The van der Waals surface area contributed by atoms with Crippen LogP contribution in [0.5, 0.6) is 0 Å². The Morgan fingerprint density at radius 2 is 1.63 bits per heavy atom. The highest BCUT2D eigenvalue weighted by Crippen LogP contribution is 2.32. The van der Waals surface area contributed by atoms with E-state index in [9.17, 15) is 18.0 Å². The van der Waals surface area contributed by atoms with Gasteiger partial charge in [0.05, 0.1) is 23.8 Å². The van der Waals surface area contributed by atoms with E-state index >= 15 is 0 Å². The van der Waals surface area contributed by atoms with E-state index in [1.54, 1.807) is 24.5 Å². The number of halogens is 5. The van der Waals surface area contributed by atoms with Crippen molar-refractivity contribution in [1.82, 2.24) is 19.2 Å². The van der Waals surface area contributed by atoms with E-state index in [2.05, 4.69) is 10.00 Å². The van der Waals surface area contributed by atoms with Gasteiger partial charge in [-0.05, 0) is 73.5 Å². The molecule has 1 aliphatic rings. The quantitative estimate of drug-likeness (QED) is 0.330. The summed E-state index contributed by atoms with van der Waals surface area (Å²) >= 11 is 0. The van der Waals surface area contributed by atoms with Crippen molar-refractivity contribution in [3.05, 3.63) is 82.9 Å². The second-order valence-electron chi connectivity index (χ2n) is 8.36. The Kier molecular flexibility index (Phi) is 8.30. The molecule has 1 saturated heterocycles. The van der Waals surface area contributed by atoms with Crippen LogP contribution in [0, 0.1) is 0 Å². The van der Waals surface area contributed by atoms with Gasteiger partial charge in [0.15, 0.2) is 0 Å². The molecule has 0 N–H and O–H groups in total. The van der Waals surface area contributed by atoms with Crippen molar-refractivity contribution in [2.45, 2.75) is 25.6 Å². The molecule has 5 rings (SSSR count). The van der Waals surface area contributed by atoms with Gasteiger partial charge in [0, 0.05) is 29.9 Å². The maximum Gasteiger partial charge on any atom is 0.416 e. The first-order chi connectivity index (χ1) is 15.9. The van der Waals surface area contributed by atoms with Crippen molar-refractivity contribution in [3.8, 4) is 16.8 Å². The summed E-state index contributed by atoms with van der Waals surface area (Å²) in [7, 11) is 0. The Hall–Kier alpha value is -2.81. The molecule has 1 aliphatic heterocycles. The number of likely N-dealkylation sites (tertiary alicyclic amines) is 1. The average molecular weight is 525 g/mol. The van der Waals surface area contributed by atoms with Crippen LogP contribution in [0.25, 0.3) is 27.7 Å². The molecule has 0 atom stereocenters. The molecule has 10 heteroatoms. The number of aromatic nitrogens is 3. The number of benzene rings is 2. The first kappa shape index (κ1) is 26.8. The predicted molar refractivity (Wildman–Crippen MR) is 136 cm³/mol. The second-order valence-corrected chi connectivity index (χ2v) is 8.36. The Morgan fingerprint density at radius 3 is 2.34 bits per heavy atom. The summed E-state index contributed by atoms with van der Waals surface area (Å²) in [5, 5.41) is 5.44. The van der Waals surface area contributed by atoms with Crippen LogP contribution in [-0.2, 0) is 12.7 Å². The molecule has 35 heavy (non-hydrogen) atoms. The fourth-order valence-corrected chi connectivity index (χ4v) is 4.39. The maximum atomic E-state index is 13.0. The topological polar surface area (TPSA) is 43.1 Å². The van der Waals surface area contributed by atoms with Gasteiger partial charge in [-0.15, -0.1) is 24.8 Å². The molecular weight excluding hydrogens is 500 g/mol. The van der Waals surface area contributed by atoms with E-state index < -0.39 is 11.7 Å². The highest BCUT2D eigenvalue weighted by Gasteiger charge is 2.30. The molecular formula is C25H25Cl2F3N4O. The molecule has 1 fully saturated rings. The number of hydrogen-bond acceptors (Lipinski definition) is 3. The smallest absolute Gasteiger partial charge is 0.301 e. The van der Waals surface area contributed by atoms with Crippen LogP contribution >= 0.6 is 24.8 Å². The summed E-state index contributed by atoms with van der Waals surface area (Å²) in [6.07, 6.45) is 1.47. The first-order valence-electron chi connectivity index (χ1n) is 11.0. The Balaban J connectivity index is 0.00000171. The van der Waals surface area contributed by atoms with Gasteiger partial charge >= 0.3 is 6.18 Å². The van der Waals surface area contributed by atoms with Gasteiger partial charge in [0.25, 0.3) is 5.56 Å². The molecule has 0 unspecified atom stereocenters. The van der Waals surface area contributed by atoms with Crippen LogP contribution in [-0.4, -0.2) is 38.9 Å². The fraction of sp³-hybridized carbons (Fsp3) is 0.280. The van der Waals surface area contributed by atoms with Crippen LogP contribution < -0.4 is 5.56 Å². The van der Waals surface area contributed by atoms with Gasteiger partial charge < -0.3 is 4.90 Å². The molecule has 186 valence electrons. The van der Waals surface area contributed by atoms with Gasteiger partial charge in [-0.3, -0.25) is 14.0 Å². The maximum absolute atomic E-state index is 13.0. The lowest BCUT2D eigenvalue weighted by atomic mass is 10.0. The summed E-state index contributed by atoms with van der Waals surface area (Å²) in [6, 6.07) is 13.7. The summed E-state index contributed by atoms with van der Waals surface area (Å²) in [5.74, 6) is 0. The monoisotopic (exact) mass is 524 g/mol. The molecule has 4 aromatic rings. The zero-order valence-electron chi connectivity index (χ0n) is 18.7. The minimum atomic E-state index is -4.43. The third kappa shape index (κ3) is 5.72. The van der Waals surface area contributed by atoms with Gasteiger partial charge in [-0.25, -0.2) is 0 Å². The van der Waals surface area contributed by atoms with Gasteiger partial charge in [-0.1, -0.05) is 12.1 Å². The van der Waals surface area contributed by atoms with E-state index in [1.807, 2.05) is 22.9 Å². The molecule has 5 nitrogen and oxygen atoms in total. The zero-order chi connectivity index (χ0) is 23.0. The Morgan fingerprint density at radius 1 is 0.886 bits per heavy atom. The first-order valence-corrected chi connectivity index (χ1v) is 11.0. The van der Waals surface area contributed by atoms with Gasteiger partial charge in [0.2, 0.25) is 0 Å². The summed E-state index contributed by atoms with van der Waals surface area (Å²) in [6.45, 7) is 4.06. The van der Waals surface area contributed by atoms with Crippen molar-refractivity contribution < 1.29 is 13.2 Å². The molecule has 0 saturated carbocycles. The highest BCUT2D eigenvalue weighted by molar-refractivity contribution is 5.85. The molecule has 0 spiro atoms. The average Bonchev–Trinajstić information content (AvgIpc) is 3.46. The number of nitrogens with zero attached hydrogens (tertiary/aromatic N) is 4. The van der Waals surface area contributed by atoms with Crippen molar-refractivity contribution in [2.75, 3.05) is 19.6 Å². The van der Waals surface area contributed by atoms with Crippen LogP contribution in [0.4, 0.5) is 13.2 Å². The van der Waals surface area contributed by atoms with Crippen LogP contribution in [0.3, 0.4) is 0 Å². The lowest BCUT2D eigenvalue weighted by Gasteiger charge is -2.14. The van der Waals surface area contributed by atoms with E-state index in [4.69, 9.17) is 0 Å². The number of fused-ring (bicyclic) bond motifs is 1. The number of rotatable bonds is 5. The molecule has 3 heterocycles. The number of pyridine rings is 1. The van der Waals surface area contributed by atoms with Crippen LogP contribution in [0.15, 0.2) is 71.8 Å². The Bertz CT molecular complexity index is 1360. The molecule has 0 aliphatic carbocycles. The molecule has 0 bridgehead atoms. The third-order valence-corrected chi connectivity index (χ3v) is 6.17. The lowest BCUT2D eigenvalue weighted by molar-refractivity contribution is -0.137. The zero-order valence-corrected chi connectivity index (χ0v) is 20.4. The second kappa shape index (κ2) is 10.8. The molecule has 0 amide bonds. The SMILES string of the molecule is Cl.Cl.O=c1cc(-c2cccc(C(F)(F)F)c2)ccn1-c1ccc2c(cnn2CCN2CCCC2)c1. The standard InChI is InChI=1S/C25H23F3N4O.2ClH/c26-25(27,28)21-5-3-4-18(14-21)19-8-11-31(24(33)16-19)22-6-7-23-20(15-22)17-29-32(23)13-12-30-9-1-2-10-30;;/h3-8,11,14-17H,1-2,9-10,12-13H2;2*1H. The van der Waals surface area contributed by atoms with Gasteiger partial charge in [-0.2, -0.15) is 18.3 Å². The summed E-state index contributed by atoms with van der Waals surface area (Å²) in [5.41, 5.74) is 1.43. The third-order valence-electron chi connectivity index (χ3n) is 6.17. The fourth-order valence-electron chi connectivity index (χ4n) is 4.39. The number of alkyl halides is 3. The lowest BCUT2D eigenvalue weighted by Crippen LogP contribution is -2.24. The predicted octanol–water partition coefficient (Wildman–Crippen LogP) is 5.81. The largest absolute Gasteiger partial charge is 0.416 e. The van der Waals surface area contributed by atoms with Gasteiger partial charge in [0.1, 0.15) is 0 Å². The summed E-state index contributed by atoms with van der Waals surface area (Å²) < 4.78 is 42.6. The molecule has 0 radical (unpaired) electrons. The highest BCUT2D eigenvalue weighted by atomic mass is 35.5. The number of hydrogen-bond donors (Lipinski definition) is 0. The van der Waals surface area contributed by atoms with E-state index in [0.717, 1.165) is 49.2 Å². The van der Waals surface area contributed by atoms with E-state index in [-0.39, 0.29) is 30.4 Å². The molecule has 2 aromatic carbocycles. The van der Waals surface area contributed by atoms with E-state index in [0.29, 0.717) is 16.8 Å². The van der Waals surface area contributed by atoms with E-state index in [1.165, 1.54) is 29.5 Å². The van der Waals surface area contributed by atoms with Crippen molar-refractivity contribution in [3.63, 3.8) is 0 Å². The normalized spacial score (nSPS) is 14.0. The van der Waals surface area contributed by atoms with Crippen LogP contribution in [0.1, 0.15) is 18.4 Å². The van der Waals surface area contributed by atoms with Crippen molar-refractivity contribution >= 4 is 35.7 Å². The molecule has 2 aromatic heterocycles. The van der Waals surface area contributed by atoms with Crippen LogP contribution in [0.2, 0.25) is 0 Å². The minimum absolute atomic E-state index is 0. The summed E-state index contributed by atoms with van der Waals surface area (Å²) in [4.78, 5) is 15.2. The minimum Gasteiger partial charge on any atom is -0.301 e.